The number of rotatable bonds is 5. The van der Waals surface area contributed by atoms with E-state index in [-0.39, 0.29) is 11.1 Å². The van der Waals surface area contributed by atoms with Crippen molar-refractivity contribution in [2.24, 2.45) is 5.10 Å². The number of nitrogens with zero attached hydrogens (tertiary/aromatic N) is 4. The summed E-state index contributed by atoms with van der Waals surface area (Å²) in [5, 5.41) is 15.1. The summed E-state index contributed by atoms with van der Waals surface area (Å²) in [7, 11) is 1.19. The fraction of sp³-hybridized carbons (Fsp3) is 0.208. The second-order valence-electron chi connectivity index (χ2n) is 7.57. The summed E-state index contributed by atoms with van der Waals surface area (Å²) >= 11 is 0. The van der Waals surface area contributed by atoms with Crippen LogP contribution in [0, 0.1) is 18.3 Å². The minimum Gasteiger partial charge on any atom is -0.467 e. The maximum absolute atomic E-state index is 13.3. The molecule has 1 amide bonds. The summed E-state index contributed by atoms with van der Waals surface area (Å²) in [5.74, 6) is -0.656. The highest BCUT2D eigenvalue weighted by atomic mass is 16.5. The number of carbonyl (C=O) groups excluding carboxylic acids is 2. The molecule has 1 atom stereocenters. The van der Waals surface area contributed by atoms with Crippen LogP contribution in [0.15, 0.2) is 69.2 Å². The number of hydrogen-bond donors (Lipinski definition) is 0. The van der Waals surface area contributed by atoms with E-state index in [1.165, 1.54) is 24.6 Å². The van der Waals surface area contributed by atoms with Crippen molar-refractivity contribution >= 4 is 17.6 Å². The number of hydrogen-bond acceptors (Lipinski definition) is 7. The Morgan fingerprint density at radius 1 is 1.27 bits per heavy atom. The molecule has 1 aliphatic heterocycles. The van der Waals surface area contributed by atoms with Gasteiger partial charge in [-0.05, 0) is 30.7 Å². The number of furan rings is 1. The zero-order chi connectivity index (χ0) is 23.5. The molecule has 3 heterocycles. The number of nitriles is 1. The third-order valence-corrected chi connectivity index (χ3v) is 5.36. The molecule has 1 unspecified atom stereocenters. The first-order valence-electron chi connectivity index (χ1n) is 10.1. The van der Waals surface area contributed by atoms with Gasteiger partial charge in [0, 0.05) is 12.6 Å². The SMILES string of the molecule is COC(=O)c1cc(C#N)c(=O)n(CC(=O)N2N=C(c3ccc(C)cc3)CC2c2ccco2)c1. The monoisotopic (exact) mass is 444 g/mol. The summed E-state index contributed by atoms with van der Waals surface area (Å²) in [6.45, 7) is 1.57. The van der Waals surface area contributed by atoms with Gasteiger partial charge in [0.25, 0.3) is 11.5 Å². The molecule has 0 saturated heterocycles. The van der Waals surface area contributed by atoms with E-state index in [2.05, 4.69) is 9.84 Å². The second kappa shape index (κ2) is 8.96. The lowest BCUT2D eigenvalue weighted by atomic mass is 10.0. The number of esters is 1. The van der Waals surface area contributed by atoms with Gasteiger partial charge < -0.3 is 13.7 Å². The zero-order valence-corrected chi connectivity index (χ0v) is 18.0. The lowest BCUT2D eigenvalue weighted by Gasteiger charge is -2.20. The van der Waals surface area contributed by atoms with E-state index in [9.17, 15) is 19.6 Å². The van der Waals surface area contributed by atoms with Crippen LogP contribution in [0.1, 0.15) is 45.3 Å². The molecule has 0 aliphatic carbocycles. The maximum atomic E-state index is 13.3. The number of amides is 1. The van der Waals surface area contributed by atoms with Crippen LogP contribution in [0.2, 0.25) is 0 Å². The number of hydrazone groups is 1. The Bertz CT molecular complexity index is 1330. The number of benzene rings is 1. The van der Waals surface area contributed by atoms with Crippen molar-refractivity contribution in [1.82, 2.24) is 9.58 Å². The number of methoxy groups -OCH3 is 1. The highest BCUT2D eigenvalue weighted by Gasteiger charge is 2.35. The van der Waals surface area contributed by atoms with Crippen LogP contribution in [0.4, 0.5) is 0 Å². The van der Waals surface area contributed by atoms with E-state index < -0.39 is 30.0 Å². The van der Waals surface area contributed by atoms with Crippen LogP contribution < -0.4 is 5.56 Å². The molecular weight excluding hydrogens is 424 g/mol. The highest BCUT2D eigenvalue weighted by molar-refractivity contribution is 6.03. The van der Waals surface area contributed by atoms with Crippen molar-refractivity contribution in [1.29, 1.82) is 5.26 Å². The number of carbonyl (C=O) groups is 2. The van der Waals surface area contributed by atoms with Crippen molar-refractivity contribution in [2.75, 3.05) is 7.11 Å². The van der Waals surface area contributed by atoms with Gasteiger partial charge in [0.05, 0.1) is 24.6 Å². The molecule has 9 nitrogen and oxygen atoms in total. The third kappa shape index (κ3) is 4.32. The molecule has 33 heavy (non-hydrogen) atoms. The highest BCUT2D eigenvalue weighted by Crippen LogP contribution is 2.33. The van der Waals surface area contributed by atoms with Gasteiger partial charge in [0.15, 0.2) is 0 Å². The minimum atomic E-state index is -0.720. The van der Waals surface area contributed by atoms with Crippen LogP contribution in [0.25, 0.3) is 0 Å². The smallest absolute Gasteiger partial charge is 0.339 e. The van der Waals surface area contributed by atoms with E-state index in [0.717, 1.165) is 21.8 Å². The Morgan fingerprint density at radius 2 is 2.03 bits per heavy atom. The number of aromatic nitrogens is 1. The van der Waals surface area contributed by atoms with Crippen LogP contribution in [0.3, 0.4) is 0 Å². The quantitative estimate of drug-likeness (QED) is 0.559. The Kier molecular flexibility index (Phi) is 5.91. The predicted octanol–water partition coefficient (Wildman–Crippen LogP) is 2.79. The Balaban J connectivity index is 1.69. The summed E-state index contributed by atoms with van der Waals surface area (Å²) in [6.07, 6.45) is 3.16. The fourth-order valence-corrected chi connectivity index (χ4v) is 3.64. The topological polar surface area (TPSA) is 118 Å². The van der Waals surface area contributed by atoms with Crippen molar-refractivity contribution in [3.05, 3.63) is 93.3 Å². The van der Waals surface area contributed by atoms with Gasteiger partial charge in [-0.1, -0.05) is 29.8 Å². The molecule has 9 heteroatoms. The lowest BCUT2D eigenvalue weighted by Crippen LogP contribution is -2.34. The molecule has 1 aromatic carbocycles. The van der Waals surface area contributed by atoms with Crippen molar-refractivity contribution in [3.8, 4) is 6.07 Å². The largest absolute Gasteiger partial charge is 0.467 e. The average Bonchev–Trinajstić information content (AvgIpc) is 3.50. The van der Waals surface area contributed by atoms with Crippen LogP contribution in [-0.2, 0) is 16.1 Å². The molecule has 166 valence electrons. The number of ether oxygens (including phenoxy) is 1. The van der Waals surface area contributed by atoms with E-state index in [4.69, 9.17) is 4.42 Å². The van der Waals surface area contributed by atoms with Gasteiger partial charge in [-0.15, -0.1) is 0 Å². The molecule has 0 radical (unpaired) electrons. The first-order chi connectivity index (χ1) is 15.9. The number of aryl methyl sites for hydroxylation is 1. The summed E-state index contributed by atoms with van der Waals surface area (Å²) in [6, 6.07) is 13.7. The average molecular weight is 444 g/mol. The van der Waals surface area contributed by atoms with Gasteiger partial charge in [0.2, 0.25) is 0 Å². The second-order valence-corrected chi connectivity index (χ2v) is 7.57. The lowest BCUT2D eigenvalue weighted by molar-refractivity contribution is -0.134. The standard InChI is InChI=1S/C24H20N4O5/c1-15-5-7-16(8-6-15)19-11-20(21-4-3-9-33-21)28(26-19)22(29)14-27-13-18(24(31)32-2)10-17(12-25)23(27)30/h3-10,13,20H,11,14H2,1-2H3. The van der Waals surface area contributed by atoms with E-state index in [0.29, 0.717) is 17.9 Å². The maximum Gasteiger partial charge on any atom is 0.339 e. The third-order valence-electron chi connectivity index (χ3n) is 5.36. The summed E-state index contributed by atoms with van der Waals surface area (Å²) in [5.41, 5.74) is 1.73. The van der Waals surface area contributed by atoms with Gasteiger partial charge >= 0.3 is 5.97 Å². The van der Waals surface area contributed by atoms with Crippen molar-refractivity contribution < 1.29 is 18.7 Å². The molecule has 0 fully saturated rings. The Morgan fingerprint density at radius 3 is 2.67 bits per heavy atom. The molecule has 0 bridgehead atoms. The Labute approximate surface area is 189 Å². The fourth-order valence-electron chi connectivity index (χ4n) is 3.64. The van der Waals surface area contributed by atoms with Gasteiger partial charge in [-0.2, -0.15) is 10.4 Å². The van der Waals surface area contributed by atoms with Crippen LogP contribution >= 0.6 is 0 Å². The van der Waals surface area contributed by atoms with Gasteiger partial charge in [-0.3, -0.25) is 9.59 Å². The van der Waals surface area contributed by atoms with E-state index in [1.807, 2.05) is 31.2 Å². The Hall–Kier alpha value is -4.45. The summed E-state index contributed by atoms with van der Waals surface area (Å²) < 4.78 is 11.2. The number of pyridine rings is 1. The molecule has 0 spiro atoms. The van der Waals surface area contributed by atoms with Crippen molar-refractivity contribution in [3.63, 3.8) is 0 Å². The molecule has 0 N–H and O–H groups in total. The predicted molar refractivity (Wildman–Crippen MR) is 117 cm³/mol. The minimum absolute atomic E-state index is 0.00528. The van der Waals surface area contributed by atoms with E-state index >= 15 is 0 Å². The van der Waals surface area contributed by atoms with Crippen LogP contribution in [0.5, 0.6) is 0 Å². The van der Waals surface area contributed by atoms with Gasteiger partial charge in [0.1, 0.15) is 30.0 Å². The van der Waals surface area contributed by atoms with Crippen LogP contribution in [-0.4, -0.2) is 34.3 Å². The molecule has 4 rings (SSSR count). The first-order valence-corrected chi connectivity index (χ1v) is 10.1. The first kappa shape index (κ1) is 21.8. The normalized spacial score (nSPS) is 15.1. The van der Waals surface area contributed by atoms with Crippen molar-refractivity contribution in [2.45, 2.75) is 25.9 Å². The molecule has 1 aliphatic rings. The van der Waals surface area contributed by atoms with E-state index in [1.54, 1.807) is 18.2 Å². The zero-order valence-electron chi connectivity index (χ0n) is 18.0. The molecule has 3 aromatic rings. The van der Waals surface area contributed by atoms with Gasteiger partial charge in [-0.25, -0.2) is 9.80 Å². The molecule has 0 saturated carbocycles. The molecule has 2 aromatic heterocycles. The summed E-state index contributed by atoms with van der Waals surface area (Å²) in [4.78, 5) is 37.8. The molecular formula is C24H20N4O5.